The molecule has 1 aromatic carbocycles. The number of hydrogen-bond acceptors (Lipinski definition) is 2. The summed E-state index contributed by atoms with van der Waals surface area (Å²) < 4.78 is 6.41. The molecule has 1 aromatic rings. The average Bonchev–Trinajstić information content (AvgIpc) is 3.04. The maximum atomic E-state index is 11.0. The predicted octanol–water partition coefficient (Wildman–Crippen LogP) is 3.08. The molecular formula is C12H13BrO3. The van der Waals surface area contributed by atoms with E-state index in [1.54, 1.807) is 12.1 Å². The molecule has 1 aliphatic rings. The van der Waals surface area contributed by atoms with Gasteiger partial charge in [0.1, 0.15) is 5.75 Å². The van der Waals surface area contributed by atoms with E-state index in [0.29, 0.717) is 18.1 Å². The molecule has 4 heteroatoms. The molecule has 0 amide bonds. The van der Waals surface area contributed by atoms with Crippen molar-refractivity contribution in [3.05, 3.63) is 28.7 Å². The van der Waals surface area contributed by atoms with Crippen molar-refractivity contribution in [2.24, 2.45) is 5.92 Å². The second kappa shape index (κ2) is 4.87. The van der Waals surface area contributed by atoms with Crippen molar-refractivity contribution < 1.29 is 14.6 Å². The van der Waals surface area contributed by atoms with E-state index in [0.717, 1.165) is 17.3 Å². The second-order valence-corrected chi connectivity index (χ2v) is 4.99. The maximum Gasteiger partial charge on any atom is 0.344 e. The minimum Gasteiger partial charge on any atom is -0.479 e. The monoisotopic (exact) mass is 284 g/mol. The first-order valence-corrected chi connectivity index (χ1v) is 6.09. The molecule has 0 bridgehead atoms. The van der Waals surface area contributed by atoms with E-state index in [9.17, 15) is 4.79 Å². The van der Waals surface area contributed by atoms with E-state index in [4.69, 9.17) is 9.84 Å². The highest BCUT2D eigenvalue weighted by Crippen LogP contribution is 2.34. The summed E-state index contributed by atoms with van der Waals surface area (Å²) in [6, 6.07) is 7.22. The zero-order chi connectivity index (χ0) is 11.5. The van der Waals surface area contributed by atoms with E-state index >= 15 is 0 Å². The molecule has 0 saturated heterocycles. The van der Waals surface area contributed by atoms with Crippen LogP contribution in [0.25, 0.3) is 0 Å². The summed E-state index contributed by atoms with van der Waals surface area (Å²) in [5, 5.41) is 9.03. The Labute approximate surface area is 103 Å². The Morgan fingerprint density at radius 3 is 2.56 bits per heavy atom. The molecule has 0 aromatic heterocycles. The van der Waals surface area contributed by atoms with Crippen LogP contribution < -0.4 is 4.74 Å². The quantitative estimate of drug-likeness (QED) is 0.904. The SMILES string of the molecule is O=C(O)C(CC1CC1)Oc1ccc(Br)cc1. The summed E-state index contributed by atoms with van der Waals surface area (Å²) in [4.78, 5) is 11.0. The molecular weight excluding hydrogens is 272 g/mol. The van der Waals surface area contributed by atoms with Crippen LogP contribution in [-0.4, -0.2) is 17.2 Å². The van der Waals surface area contributed by atoms with Crippen LogP contribution in [0.1, 0.15) is 19.3 Å². The third-order valence-electron chi connectivity index (χ3n) is 2.61. The lowest BCUT2D eigenvalue weighted by atomic mass is 10.2. The van der Waals surface area contributed by atoms with E-state index in [-0.39, 0.29) is 0 Å². The summed E-state index contributed by atoms with van der Waals surface area (Å²) >= 11 is 3.32. The van der Waals surface area contributed by atoms with Gasteiger partial charge in [-0.1, -0.05) is 28.8 Å². The van der Waals surface area contributed by atoms with Gasteiger partial charge in [0.15, 0.2) is 6.10 Å². The lowest BCUT2D eigenvalue weighted by molar-refractivity contribution is -0.145. The van der Waals surface area contributed by atoms with Gasteiger partial charge in [0.25, 0.3) is 0 Å². The van der Waals surface area contributed by atoms with Gasteiger partial charge in [-0.3, -0.25) is 0 Å². The smallest absolute Gasteiger partial charge is 0.344 e. The van der Waals surface area contributed by atoms with E-state index in [1.807, 2.05) is 12.1 Å². The topological polar surface area (TPSA) is 46.5 Å². The van der Waals surface area contributed by atoms with Crippen molar-refractivity contribution in [3.63, 3.8) is 0 Å². The summed E-state index contributed by atoms with van der Waals surface area (Å²) in [5.41, 5.74) is 0. The number of rotatable bonds is 5. The molecule has 16 heavy (non-hydrogen) atoms. The summed E-state index contributed by atoms with van der Waals surface area (Å²) in [6.45, 7) is 0. The van der Waals surface area contributed by atoms with Gasteiger partial charge in [-0.05, 0) is 36.6 Å². The highest BCUT2D eigenvalue weighted by Gasteiger charge is 2.30. The molecule has 1 aliphatic carbocycles. The van der Waals surface area contributed by atoms with Gasteiger partial charge in [-0.25, -0.2) is 4.79 Å². The molecule has 2 rings (SSSR count). The normalized spacial score (nSPS) is 16.8. The number of carbonyl (C=O) groups is 1. The molecule has 0 radical (unpaired) electrons. The van der Waals surface area contributed by atoms with Crippen LogP contribution in [0.5, 0.6) is 5.75 Å². The maximum absolute atomic E-state index is 11.0. The standard InChI is InChI=1S/C12H13BrO3/c13-9-3-5-10(6-4-9)16-11(12(14)15)7-8-1-2-8/h3-6,8,11H,1-2,7H2,(H,14,15). The fourth-order valence-corrected chi connectivity index (χ4v) is 1.80. The van der Waals surface area contributed by atoms with Crippen LogP contribution in [0, 0.1) is 5.92 Å². The van der Waals surface area contributed by atoms with Crippen LogP contribution in [0.2, 0.25) is 0 Å². The first kappa shape index (κ1) is 11.5. The molecule has 0 aliphatic heterocycles. The fourth-order valence-electron chi connectivity index (χ4n) is 1.53. The number of hydrogen-bond donors (Lipinski definition) is 1. The Morgan fingerprint density at radius 2 is 2.06 bits per heavy atom. The summed E-state index contributed by atoms with van der Waals surface area (Å²) in [6.07, 6.45) is 2.17. The molecule has 1 N–H and O–H groups in total. The molecule has 86 valence electrons. The van der Waals surface area contributed by atoms with Crippen molar-refractivity contribution in [3.8, 4) is 5.75 Å². The Hall–Kier alpha value is -1.03. The van der Waals surface area contributed by atoms with Crippen molar-refractivity contribution >= 4 is 21.9 Å². The number of carboxylic acid groups (broad SMARTS) is 1. The first-order valence-electron chi connectivity index (χ1n) is 5.30. The summed E-state index contributed by atoms with van der Waals surface area (Å²) in [7, 11) is 0. The molecule has 1 saturated carbocycles. The number of benzene rings is 1. The van der Waals surface area contributed by atoms with E-state index < -0.39 is 12.1 Å². The Balaban J connectivity index is 1.98. The van der Waals surface area contributed by atoms with Crippen molar-refractivity contribution in [1.29, 1.82) is 0 Å². The zero-order valence-corrected chi connectivity index (χ0v) is 10.3. The largest absolute Gasteiger partial charge is 0.479 e. The van der Waals surface area contributed by atoms with Gasteiger partial charge in [-0.15, -0.1) is 0 Å². The van der Waals surface area contributed by atoms with Crippen molar-refractivity contribution in [1.82, 2.24) is 0 Å². The second-order valence-electron chi connectivity index (χ2n) is 4.08. The zero-order valence-electron chi connectivity index (χ0n) is 8.73. The van der Waals surface area contributed by atoms with Crippen LogP contribution in [0.3, 0.4) is 0 Å². The van der Waals surface area contributed by atoms with Gasteiger partial charge in [0.2, 0.25) is 0 Å². The third kappa shape index (κ3) is 3.23. The Bertz CT molecular complexity index is 370. The minimum atomic E-state index is -0.880. The lowest BCUT2D eigenvalue weighted by Gasteiger charge is -2.14. The lowest BCUT2D eigenvalue weighted by Crippen LogP contribution is -2.27. The van der Waals surface area contributed by atoms with Crippen LogP contribution in [-0.2, 0) is 4.79 Å². The van der Waals surface area contributed by atoms with Gasteiger partial charge in [-0.2, -0.15) is 0 Å². The van der Waals surface area contributed by atoms with Crippen LogP contribution >= 0.6 is 15.9 Å². The fraction of sp³-hybridized carbons (Fsp3) is 0.417. The average molecular weight is 285 g/mol. The Kier molecular flexibility index (Phi) is 3.49. The molecule has 1 atom stereocenters. The molecule has 3 nitrogen and oxygen atoms in total. The number of carboxylic acids is 1. The molecule has 1 fully saturated rings. The predicted molar refractivity (Wildman–Crippen MR) is 63.5 cm³/mol. The minimum absolute atomic E-state index is 0.538. The van der Waals surface area contributed by atoms with Crippen molar-refractivity contribution in [2.45, 2.75) is 25.4 Å². The van der Waals surface area contributed by atoms with Gasteiger partial charge in [0, 0.05) is 4.47 Å². The number of halogens is 1. The number of aliphatic carboxylic acids is 1. The summed E-state index contributed by atoms with van der Waals surface area (Å²) in [5.74, 6) is 0.266. The van der Waals surface area contributed by atoms with E-state index in [1.165, 1.54) is 0 Å². The number of ether oxygens (including phenoxy) is 1. The van der Waals surface area contributed by atoms with Gasteiger partial charge >= 0.3 is 5.97 Å². The highest BCUT2D eigenvalue weighted by atomic mass is 79.9. The van der Waals surface area contributed by atoms with Crippen molar-refractivity contribution in [2.75, 3.05) is 0 Å². The van der Waals surface area contributed by atoms with Gasteiger partial charge in [0.05, 0.1) is 0 Å². The highest BCUT2D eigenvalue weighted by molar-refractivity contribution is 9.10. The molecule has 1 unspecified atom stereocenters. The molecule has 0 heterocycles. The molecule has 0 spiro atoms. The van der Waals surface area contributed by atoms with E-state index in [2.05, 4.69) is 15.9 Å². The first-order chi connectivity index (χ1) is 7.65. The van der Waals surface area contributed by atoms with Crippen LogP contribution in [0.4, 0.5) is 0 Å². The Morgan fingerprint density at radius 1 is 1.44 bits per heavy atom. The van der Waals surface area contributed by atoms with Crippen LogP contribution in [0.15, 0.2) is 28.7 Å². The third-order valence-corrected chi connectivity index (χ3v) is 3.14. The van der Waals surface area contributed by atoms with Gasteiger partial charge < -0.3 is 9.84 Å².